The molecule has 3 rings (SSSR count). The monoisotopic (exact) mass is 395 g/mol. The third kappa shape index (κ3) is 6.10. The van der Waals surface area contributed by atoms with Gasteiger partial charge in [-0.1, -0.05) is 24.1 Å². The van der Waals surface area contributed by atoms with E-state index in [0.29, 0.717) is 12.4 Å². The lowest BCUT2D eigenvalue weighted by Gasteiger charge is -2.21. The molecular formula is C22H28FN6-. The van der Waals surface area contributed by atoms with Crippen molar-refractivity contribution in [2.75, 3.05) is 47.3 Å². The second-order valence-corrected chi connectivity index (χ2v) is 7.41. The van der Waals surface area contributed by atoms with Crippen LogP contribution in [0.25, 0.3) is 27.7 Å². The number of H-pyrrole nitrogens is 1. The quantitative estimate of drug-likeness (QED) is 0.560. The van der Waals surface area contributed by atoms with Crippen molar-refractivity contribution in [3.05, 3.63) is 59.9 Å². The highest BCUT2D eigenvalue weighted by Gasteiger charge is 2.09. The SMILES string of the molecule is CN(C)CCCN(C)CC[N-]c1cc(-c2cn[nH]c2-c2ccc(F)cc2)ccn1. The van der Waals surface area contributed by atoms with Gasteiger partial charge in [0.2, 0.25) is 0 Å². The lowest BCUT2D eigenvalue weighted by atomic mass is 10.0. The molecule has 2 aromatic heterocycles. The highest BCUT2D eigenvalue weighted by molar-refractivity contribution is 5.81. The van der Waals surface area contributed by atoms with Gasteiger partial charge in [0.05, 0.1) is 11.9 Å². The molecule has 0 saturated carbocycles. The van der Waals surface area contributed by atoms with E-state index in [-0.39, 0.29) is 5.82 Å². The first-order valence-corrected chi connectivity index (χ1v) is 9.79. The molecule has 0 unspecified atom stereocenters. The van der Waals surface area contributed by atoms with Crippen LogP contribution in [0.3, 0.4) is 0 Å². The maximum Gasteiger partial charge on any atom is 0.123 e. The summed E-state index contributed by atoms with van der Waals surface area (Å²) in [6, 6.07) is 10.3. The number of halogens is 1. The number of aromatic amines is 1. The van der Waals surface area contributed by atoms with Gasteiger partial charge in [0, 0.05) is 11.1 Å². The first-order valence-electron chi connectivity index (χ1n) is 9.79. The van der Waals surface area contributed by atoms with Gasteiger partial charge in [-0.25, -0.2) is 4.39 Å². The van der Waals surface area contributed by atoms with E-state index in [2.05, 4.69) is 51.4 Å². The number of rotatable bonds is 10. The summed E-state index contributed by atoms with van der Waals surface area (Å²) in [6.07, 6.45) is 4.68. The van der Waals surface area contributed by atoms with E-state index in [1.807, 2.05) is 12.1 Å². The summed E-state index contributed by atoms with van der Waals surface area (Å²) in [5.74, 6) is 0.446. The van der Waals surface area contributed by atoms with Crippen molar-refractivity contribution >= 4 is 5.82 Å². The maximum absolute atomic E-state index is 13.2. The van der Waals surface area contributed by atoms with Gasteiger partial charge in [0.1, 0.15) is 5.82 Å². The van der Waals surface area contributed by atoms with Gasteiger partial charge in [-0.15, -0.1) is 0 Å². The number of likely N-dealkylation sites (N-methyl/N-ethyl adjacent to an activating group) is 1. The van der Waals surface area contributed by atoms with Crippen molar-refractivity contribution in [2.24, 2.45) is 0 Å². The molecule has 0 aliphatic rings. The summed E-state index contributed by atoms with van der Waals surface area (Å²) in [5.41, 5.74) is 3.65. The topological polar surface area (TPSA) is 62.1 Å². The van der Waals surface area contributed by atoms with Crippen LogP contribution < -0.4 is 0 Å². The van der Waals surface area contributed by atoms with Gasteiger partial charge in [-0.3, -0.25) is 5.10 Å². The van der Waals surface area contributed by atoms with Gasteiger partial charge in [0.25, 0.3) is 0 Å². The highest BCUT2D eigenvalue weighted by Crippen LogP contribution is 2.32. The molecule has 29 heavy (non-hydrogen) atoms. The van der Waals surface area contributed by atoms with E-state index >= 15 is 0 Å². The van der Waals surface area contributed by atoms with Crippen molar-refractivity contribution in [3.8, 4) is 22.4 Å². The summed E-state index contributed by atoms with van der Waals surface area (Å²) < 4.78 is 13.2. The molecule has 0 fully saturated rings. The van der Waals surface area contributed by atoms with E-state index in [1.54, 1.807) is 24.5 Å². The van der Waals surface area contributed by atoms with E-state index < -0.39 is 0 Å². The van der Waals surface area contributed by atoms with Crippen LogP contribution in [0.15, 0.2) is 48.8 Å². The fourth-order valence-electron chi connectivity index (χ4n) is 3.12. The average Bonchev–Trinajstić information content (AvgIpc) is 3.18. The Morgan fingerprint density at radius 3 is 2.55 bits per heavy atom. The van der Waals surface area contributed by atoms with E-state index in [1.165, 1.54) is 12.1 Å². The van der Waals surface area contributed by atoms with Gasteiger partial charge in [-0.05, 0) is 83.6 Å². The fourth-order valence-corrected chi connectivity index (χ4v) is 3.12. The van der Waals surface area contributed by atoms with Crippen molar-refractivity contribution in [1.82, 2.24) is 25.0 Å². The Bertz CT molecular complexity index is 890. The lowest BCUT2D eigenvalue weighted by Crippen LogP contribution is -2.26. The molecule has 154 valence electrons. The first-order chi connectivity index (χ1) is 14.0. The molecule has 0 bridgehead atoms. The molecule has 0 spiro atoms. The van der Waals surface area contributed by atoms with Gasteiger partial charge >= 0.3 is 0 Å². The smallest absolute Gasteiger partial charge is 0.123 e. The molecule has 3 aromatic rings. The minimum absolute atomic E-state index is 0.258. The molecule has 1 aromatic carbocycles. The molecule has 0 radical (unpaired) electrons. The highest BCUT2D eigenvalue weighted by atomic mass is 19.1. The number of nitrogens with zero attached hydrogens (tertiary/aromatic N) is 5. The first kappa shape index (κ1) is 21.0. The Balaban J connectivity index is 1.61. The van der Waals surface area contributed by atoms with Crippen LogP contribution in [0.5, 0.6) is 0 Å². The number of hydrogen-bond donors (Lipinski definition) is 1. The molecule has 6 nitrogen and oxygen atoms in total. The Labute approximate surface area is 171 Å². The minimum Gasteiger partial charge on any atom is -0.464 e. The number of benzene rings is 1. The summed E-state index contributed by atoms with van der Waals surface area (Å²) in [6.45, 7) is 3.74. The molecule has 1 N–H and O–H groups in total. The third-order valence-corrected chi connectivity index (χ3v) is 4.73. The average molecular weight is 396 g/mol. The Morgan fingerprint density at radius 1 is 1.00 bits per heavy atom. The van der Waals surface area contributed by atoms with E-state index in [4.69, 9.17) is 0 Å². The Hall–Kier alpha value is -2.77. The third-order valence-electron chi connectivity index (χ3n) is 4.73. The van der Waals surface area contributed by atoms with Crippen LogP contribution in [0.2, 0.25) is 0 Å². The zero-order valence-electron chi connectivity index (χ0n) is 17.3. The molecule has 0 amide bonds. The normalized spacial score (nSPS) is 11.4. The zero-order valence-corrected chi connectivity index (χ0v) is 17.3. The standard InChI is InChI=1S/C22H28FN6/c1-28(2)12-4-13-29(3)14-11-25-21-15-18(9-10-24-21)20-16-26-27-22(20)17-5-7-19(23)8-6-17/h5-10,15-16H,4,11-14H2,1-3H3,(H-,24,25,26,27)/q-1. The Morgan fingerprint density at radius 2 is 1.79 bits per heavy atom. The van der Waals surface area contributed by atoms with Crippen molar-refractivity contribution in [3.63, 3.8) is 0 Å². The molecule has 0 aliphatic heterocycles. The molecule has 0 atom stereocenters. The van der Waals surface area contributed by atoms with Gasteiger partial charge in [0.15, 0.2) is 0 Å². The second-order valence-electron chi connectivity index (χ2n) is 7.41. The predicted octanol–water partition coefficient (Wildman–Crippen LogP) is 4.17. The Kier molecular flexibility index (Phi) is 7.32. The van der Waals surface area contributed by atoms with Gasteiger partial charge in [-0.2, -0.15) is 5.10 Å². The maximum atomic E-state index is 13.2. The van der Waals surface area contributed by atoms with Crippen molar-refractivity contribution < 1.29 is 4.39 Å². The summed E-state index contributed by atoms with van der Waals surface area (Å²) >= 11 is 0. The van der Waals surface area contributed by atoms with E-state index in [9.17, 15) is 4.39 Å². The zero-order chi connectivity index (χ0) is 20.6. The van der Waals surface area contributed by atoms with Crippen LogP contribution in [-0.4, -0.2) is 72.3 Å². The summed E-state index contributed by atoms with van der Waals surface area (Å²) in [4.78, 5) is 8.86. The van der Waals surface area contributed by atoms with Crippen LogP contribution in [0.1, 0.15) is 6.42 Å². The number of aromatic nitrogens is 3. The predicted molar refractivity (Wildman–Crippen MR) is 116 cm³/mol. The van der Waals surface area contributed by atoms with Crippen LogP contribution in [0.4, 0.5) is 10.2 Å². The summed E-state index contributed by atoms with van der Waals surface area (Å²) in [7, 11) is 6.31. The van der Waals surface area contributed by atoms with Gasteiger partial charge < -0.3 is 20.1 Å². The largest absolute Gasteiger partial charge is 0.464 e. The second kappa shape index (κ2) is 10.1. The van der Waals surface area contributed by atoms with Crippen molar-refractivity contribution in [1.29, 1.82) is 0 Å². The van der Waals surface area contributed by atoms with Crippen LogP contribution in [0, 0.1) is 5.82 Å². The number of pyridine rings is 1. The fraction of sp³-hybridized carbons (Fsp3) is 0.364. The number of hydrogen-bond acceptors (Lipinski definition) is 4. The van der Waals surface area contributed by atoms with E-state index in [0.717, 1.165) is 48.4 Å². The molecule has 0 saturated heterocycles. The lowest BCUT2D eigenvalue weighted by molar-refractivity contribution is 0.309. The molecular weight excluding hydrogens is 367 g/mol. The molecule has 2 heterocycles. The van der Waals surface area contributed by atoms with Crippen LogP contribution in [-0.2, 0) is 0 Å². The molecule has 0 aliphatic carbocycles. The van der Waals surface area contributed by atoms with Crippen molar-refractivity contribution in [2.45, 2.75) is 6.42 Å². The summed E-state index contributed by atoms with van der Waals surface area (Å²) in [5, 5.41) is 11.8. The number of nitrogens with one attached hydrogen (secondary N) is 1. The molecule has 7 heteroatoms. The van der Waals surface area contributed by atoms with Crippen LogP contribution >= 0.6 is 0 Å². The minimum atomic E-state index is -0.258.